The lowest BCUT2D eigenvalue weighted by Gasteiger charge is -2.19. The highest BCUT2D eigenvalue weighted by molar-refractivity contribution is 5.90. The fourth-order valence-corrected chi connectivity index (χ4v) is 2.53. The van der Waals surface area contributed by atoms with Crippen molar-refractivity contribution in [2.24, 2.45) is 0 Å². The van der Waals surface area contributed by atoms with Crippen LogP contribution >= 0.6 is 0 Å². The molecule has 0 heteroatoms. The maximum Gasteiger partial charge on any atom is -0.0143 e. The Morgan fingerprint density at radius 1 is 1.11 bits per heavy atom. The van der Waals surface area contributed by atoms with Gasteiger partial charge in [-0.25, -0.2) is 0 Å². The molecule has 0 aliphatic rings. The normalized spacial score (nSPS) is 12.6. The predicted molar refractivity (Wildman–Crippen MR) is 82.0 cm³/mol. The van der Waals surface area contributed by atoms with Crippen molar-refractivity contribution in [2.45, 2.75) is 39.5 Å². The Kier molecular flexibility index (Phi) is 3.86. The predicted octanol–water partition coefficient (Wildman–Crippen LogP) is 5.78. The molecule has 2 aromatic carbocycles. The van der Waals surface area contributed by atoms with Crippen molar-refractivity contribution in [3.63, 3.8) is 0 Å². The summed E-state index contributed by atoms with van der Waals surface area (Å²) < 4.78 is 0. The standard InChI is InChI=1S/C18H22/c1-5-13(3)16-12-11-15-9-7-8-10-17(15)18(16)14(4)6-2/h7-12,14H,3,5-6H2,1-2,4H3. The van der Waals surface area contributed by atoms with Crippen LogP contribution < -0.4 is 0 Å². The molecule has 1 atom stereocenters. The minimum Gasteiger partial charge on any atom is -0.0952 e. The van der Waals surface area contributed by atoms with Crippen molar-refractivity contribution in [1.82, 2.24) is 0 Å². The van der Waals surface area contributed by atoms with Gasteiger partial charge in [0.15, 0.2) is 0 Å². The van der Waals surface area contributed by atoms with Gasteiger partial charge < -0.3 is 0 Å². The Balaban J connectivity index is 2.75. The summed E-state index contributed by atoms with van der Waals surface area (Å²) in [5.41, 5.74) is 4.07. The van der Waals surface area contributed by atoms with E-state index in [9.17, 15) is 0 Å². The van der Waals surface area contributed by atoms with E-state index in [1.165, 1.54) is 27.5 Å². The summed E-state index contributed by atoms with van der Waals surface area (Å²) >= 11 is 0. The molecule has 0 nitrogen and oxygen atoms in total. The van der Waals surface area contributed by atoms with Crippen LogP contribution in [0.4, 0.5) is 0 Å². The van der Waals surface area contributed by atoms with Crippen LogP contribution in [0.15, 0.2) is 43.0 Å². The van der Waals surface area contributed by atoms with Crippen molar-refractivity contribution in [2.75, 3.05) is 0 Å². The molecule has 18 heavy (non-hydrogen) atoms. The largest absolute Gasteiger partial charge is 0.0952 e. The molecular formula is C18H22. The van der Waals surface area contributed by atoms with Gasteiger partial charge in [-0.15, -0.1) is 0 Å². The second-order valence-electron chi connectivity index (χ2n) is 5.01. The van der Waals surface area contributed by atoms with E-state index in [-0.39, 0.29) is 0 Å². The fourth-order valence-electron chi connectivity index (χ4n) is 2.53. The van der Waals surface area contributed by atoms with Gasteiger partial charge in [-0.05, 0) is 46.2 Å². The maximum atomic E-state index is 4.23. The Morgan fingerprint density at radius 3 is 2.50 bits per heavy atom. The zero-order valence-electron chi connectivity index (χ0n) is 11.7. The Labute approximate surface area is 110 Å². The number of hydrogen-bond donors (Lipinski definition) is 0. The molecule has 2 aromatic rings. The average molecular weight is 238 g/mol. The molecule has 0 aliphatic heterocycles. The summed E-state index contributed by atoms with van der Waals surface area (Å²) in [5, 5.41) is 2.72. The SMILES string of the molecule is C=C(CC)c1ccc2ccccc2c1C(C)CC. The third kappa shape index (κ3) is 2.20. The molecule has 0 heterocycles. The quantitative estimate of drug-likeness (QED) is 0.633. The summed E-state index contributed by atoms with van der Waals surface area (Å²) in [6.07, 6.45) is 2.18. The van der Waals surface area contributed by atoms with Crippen LogP contribution in [0.5, 0.6) is 0 Å². The zero-order chi connectivity index (χ0) is 13.1. The number of rotatable bonds is 4. The summed E-state index contributed by atoms with van der Waals surface area (Å²) in [7, 11) is 0. The number of allylic oxidation sites excluding steroid dienone is 1. The molecule has 0 amide bonds. The zero-order valence-corrected chi connectivity index (χ0v) is 11.7. The van der Waals surface area contributed by atoms with Gasteiger partial charge in [0.1, 0.15) is 0 Å². The molecular weight excluding hydrogens is 216 g/mol. The van der Waals surface area contributed by atoms with E-state index in [0.717, 1.165) is 12.8 Å². The van der Waals surface area contributed by atoms with Crippen LogP contribution in [-0.4, -0.2) is 0 Å². The van der Waals surface area contributed by atoms with E-state index in [4.69, 9.17) is 0 Å². The molecule has 0 spiro atoms. The highest BCUT2D eigenvalue weighted by Gasteiger charge is 2.14. The summed E-state index contributed by atoms with van der Waals surface area (Å²) in [4.78, 5) is 0. The smallest absolute Gasteiger partial charge is 0.0143 e. The minimum absolute atomic E-state index is 0.578. The molecule has 1 unspecified atom stereocenters. The molecule has 2 rings (SSSR count). The number of fused-ring (bicyclic) bond motifs is 1. The first-order chi connectivity index (χ1) is 8.69. The first-order valence-electron chi connectivity index (χ1n) is 6.88. The monoisotopic (exact) mass is 238 g/mol. The average Bonchev–Trinajstić information content (AvgIpc) is 2.44. The van der Waals surface area contributed by atoms with Crippen LogP contribution in [0.3, 0.4) is 0 Å². The van der Waals surface area contributed by atoms with E-state index in [1.54, 1.807) is 0 Å². The van der Waals surface area contributed by atoms with Crippen molar-refractivity contribution >= 4 is 16.3 Å². The second-order valence-corrected chi connectivity index (χ2v) is 5.01. The molecule has 0 bridgehead atoms. The highest BCUT2D eigenvalue weighted by Crippen LogP contribution is 2.34. The molecule has 0 radical (unpaired) electrons. The van der Waals surface area contributed by atoms with Gasteiger partial charge in [0.2, 0.25) is 0 Å². The lowest BCUT2D eigenvalue weighted by molar-refractivity contribution is 0.737. The summed E-state index contributed by atoms with van der Waals surface area (Å²) in [6, 6.07) is 13.1. The lowest BCUT2D eigenvalue weighted by atomic mass is 9.85. The molecule has 0 aliphatic carbocycles. The van der Waals surface area contributed by atoms with Crippen LogP contribution in [0, 0.1) is 0 Å². The summed E-state index contributed by atoms with van der Waals surface area (Å²) in [5.74, 6) is 0.578. The molecule has 0 saturated carbocycles. The Hall–Kier alpha value is -1.56. The van der Waals surface area contributed by atoms with Gasteiger partial charge in [0.05, 0.1) is 0 Å². The van der Waals surface area contributed by atoms with Gasteiger partial charge in [-0.1, -0.05) is 63.7 Å². The molecule has 0 N–H and O–H groups in total. The molecule has 94 valence electrons. The Bertz CT molecular complexity index is 563. The van der Waals surface area contributed by atoms with Crippen LogP contribution in [0.1, 0.15) is 50.7 Å². The van der Waals surface area contributed by atoms with E-state index >= 15 is 0 Å². The molecule has 0 aromatic heterocycles. The maximum absolute atomic E-state index is 4.23. The van der Waals surface area contributed by atoms with Gasteiger partial charge in [-0.3, -0.25) is 0 Å². The lowest BCUT2D eigenvalue weighted by Crippen LogP contribution is -1.99. The van der Waals surface area contributed by atoms with Crippen LogP contribution in [0.25, 0.3) is 16.3 Å². The molecule has 0 fully saturated rings. The molecule has 0 saturated heterocycles. The summed E-state index contributed by atoms with van der Waals surface area (Å²) in [6.45, 7) is 11.0. The second kappa shape index (κ2) is 5.39. The van der Waals surface area contributed by atoms with Crippen LogP contribution in [0.2, 0.25) is 0 Å². The topological polar surface area (TPSA) is 0 Å². The van der Waals surface area contributed by atoms with Crippen molar-refractivity contribution in [3.8, 4) is 0 Å². The van der Waals surface area contributed by atoms with E-state index < -0.39 is 0 Å². The first kappa shape index (κ1) is 12.9. The van der Waals surface area contributed by atoms with E-state index in [1.807, 2.05) is 0 Å². The highest BCUT2D eigenvalue weighted by atomic mass is 14.2. The fraction of sp³-hybridized carbons (Fsp3) is 0.333. The van der Waals surface area contributed by atoms with Gasteiger partial charge in [-0.2, -0.15) is 0 Å². The Morgan fingerprint density at radius 2 is 1.83 bits per heavy atom. The number of benzene rings is 2. The van der Waals surface area contributed by atoms with E-state index in [0.29, 0.717) is 5.92 Å². The number of hydrogen-bond acceptors (Lipinski definition) is 0. The van der Waals surface area contributed by atoms with Crippen LogP contribution in [-0.2, 0) is 0 Å². The minimum atomic E-state index is 0.578. The van der Waals surface area contributed by atoms with Gasteiger partial charge in [0, 0.05) is 0 Å². The van der Waals surface area contributed by atoms with Gasteiger partial charge in [0.25, 0.3) is 0 Å². The van der Waals surface area contributed by atoms with Crippen molar-refractivity contribution < 1.29 is 0 Å². The van der Waals surface area contributed by atoms with E-state index in [2.05, 4.69) is 63.7 Å². The van der Waals surface area contributed by atoms with Crippen molar-refractivity contribution in [3.05, 3.63) is 54.1 Å². The third-order valence-electron chi connectivity index (χ3n) is 3.88. The van der Waals surface area contributed by atoms with Crippen molar-refractivity contribution in [1.29, 1.82) is 0 Å². The van der Waals surface area contributed by atoms with Gasteiger partial charge >= 0.3 is 0 Å². The first-order valence-corrected chi connectivity index (χ1v) is 6.88. The third-order valence-corrected chi connectivity index (χ3v) is 3.88.